The second-order valence-electron chi connectivity index (χ2n) is 4.42. The van der Waals surface area contributed by atoms with Crippen molar-refractivity contribution in [1.82, 2.24) is 4.98 Å². The molecule has 0 amide bonds. The van der Waals surface area contributed by atoms with Crippen molar-refractivity contribution in [3.8, 4) is 0 Å². The Hall–Kier alpha value is -2.56. The van der Waals surface area contributed by atoms with Crippen LogP contribution in [-0.4, -0.2) is 18.1 Å². The van der Waals surface area contributed by atoms with Gasteiger partial charge in [-0.25, -0.2) is 4.79 Å². The number of esters is 1. The number of methoxy groups -OCH3 is 1. The maximum absolute atomic E-state index is 11.6. The molecule has 0 unspecified atom stereocenters. The highest BCUT2D eigenvalue weighted by atomic mass is 16.5. The third kappa shape index (κ3) is 3.26. The third-order valence-corrected chi connectivity index (χ3v) is 2.88. The molecule has 5 heteroatoms. The summed E-state index contributed by atoms with van der Waals surface area (Å²) in [6.07, 6.45) is 0. The number of nitrogens with zero attached hydrogens (tertiary/aromatic N) is 1. The lowest BCUT2D eigenvalue weighted by Crippen LogP contribution is -2.08. The van der Waals surface area contributed by atoms with Crippen molar-refractivity contribution in [1.29, 1.82) is 0 Å². The van der Waals surface area contributed by atoms with E-state index in [2.05, 4.69) is 10.3 Å². The smallest absolute Gasteiger partial charge is 0.340 e. The molecule has 0 atom stereocenters. The maximum atomic E-state index is 11.6. The first-order valence-electron chi connectivity index (χ1n) is 6.24. The number of benzene rings is 1. The Balaban J connectivity index is 2.12. The maximum Gasteiger partial charge on any atom is 0.340 e. The number of carbonyl (C=O) groups excluding carboxylic acids is 1. The summed E-state index contributed by atoms with van der Waals surface area (Å²) in [6, 6.07) is 11.0. The summed E-state index contributed by atoms with van der Waals surface area (Å²) in [6.45, 7) is 2.52. The number of aryl methyl sites for hydroxylation is 1. The van der Waals surface area contributed by atoms with E-state index < -0.39 is 5.97 Å². The number of carbonyl (C=O) groups is 1. The first kappa shape index (κ1) is 13.9. The van der Waals surface area contributed by atoms with Crippen LogP contribution in [0.5, 0.6) is 0 Å². The van der Waals surface area contributed by atoms with Gasteiger partial charge in [0.05, 0.1) is 24.9 Å². The lowest BCUT2D eigenvalue weighted by atomic mass is 10.1. The topological polar surface area (TPSA) is 77.2 Å². The Bertz CT molecular complexity index is 626. The molecule has 0 aliphatic carbocycles. The first-order valence-corrected chi connectivity index (χ1v) is 6.24. The van der Waals surface area contributed by atoms with Gasteiger partial charge in [0.25, 0.3) is 0 Å². The minimum absolute atomic E-state index is 0.356. The van der Waals surface area contributed by atoms with Crippen molar-refractivity contribution in [2.24, 2.45) is 0 Å². The summed E-state index contributed by atoms with van der Waals surface area (Å²) in [5.74, 6) is -0.445. The SMILES string of the molecule is COC(=O)c1cc(NCc2cccc(C)n2)ccc1N. The third-order valence-electron chi connectivity index (χ3n) is 2.88. The quantitative estimate of drug-likeness (QED) is 0.659. The van der Waals surface area contributed by atoms with Gasteiger partial charge >= 0.3 is 5.97 Å². The molecule has 0 aliphatic rings. The van der Waals surface area contributed by atoms with Crippen LogP contribution in [0.3, 0.4) is 0 Å². The molecule has 0 saturated heterocycles. The van der Waals surface area contributed by atoms with Crippen molar-refractivity contribution in [2.75, 3.05) is 18.2 Å². The van der Waals surface area contributed by atoms with Crippen molar-refractivity contribution < 1.29 is 9.53 Å². The van der Waals surface area contributed by atoms with Gasteiger partial charge in [0.15, 0.2) is 0 Å². The van der Waals surface area contributed by atoms with Gasteiger partial charge < -0.3 is 15.8 Å². The van der Waals surface area contributed by atoms with Gasteiger partial charge in [-0.15, -0.1) is 0 Å². The van der Waals surface area contributed by atoms with E-state index in [4.69, 9.17) is 10.5 Å². The Labute approximate surface area is 117 Å². The van der Waals surface area contributed by atoms with Crippen LogP contribution in [0.15, 0.2) is 36.4 Å². The van der Waals surface area contributed by atoms with Gasteiger partial charge in [0.1, 0.15) is 0 Å². The van der Waals surface area contributed by atoms with Crippen LogP contribution >= 0.6 is 0 Å². The van der Waals surface area contributed by atoms with E-state index in [1.54, 1.807) is 12.1 Å². The molecule has 104 valence electrons. The summed E-state index contributed by atoms with van der Waals surface area (Å²) in [5.41, 5.74) is 9.20. The Morgan fingerprint density at radius 2 is 2.15 bits per heavy atom. The number of pyridine rings is 1. The van der Waals surface area contributed by atoms with Crippen molar-refractivity contribution in [3.63, 3.8) is 0 Å². The predicted octanol–water partition coefficient (Wildman–Crippen LogP) is 2.37. The summed E-state index contributed by atoms with van der Waals surface area (Å²) >= 11 is 0. The molecule has 0 spiro atoms. The molecule has 1 aromatic heterocycles. The molecule has 0 bridgehead atoms. The molecular weight excluding hydrogens is 254 g/mol. The van der Waals surface area contributed by atoms with Crippen molar-refractivity contribution >= 4 is 17.3 Å². The Morgan fingerprint density at radius 1 is 1.35 bits per heavy atom. The molecule has 1 heterocycles. The highest BCUT2D eigenvalue weighted by Gasteiger charge is 2.10. The van der Waals surface area contributed by atoms with Gasteiger partial charge in [0, 0.05) is 17.1 Å². The molecule has 3 N–H and O–H groups in total. The molecule has 2 aromatic rings. The van der Waals surface area contributed by atoms with Crippen LogP contribution in [-0.2, 0) is 11.3 Å². The van der Waals surface area contributed by atoms with E-state index in [1.807, 2.05) is 31.2 Å². The second kappa shape index (κ2) is 6.06. The molecule has 2 rings (SSSR count). The highest BCUT2D eigenvalue weighted by molar-refractivity contribution is 5.96. The van der Waals surface area contributed by atoms with Gasteiger partial charge in [0.2, 0.25) is 0 Å². The highest BCUT2D eigenvalue weighted by Crippen LogP contribution is 2.19. The molecule has 5 nitrogen and oxygen atoms in total. The number of hydrogen-bond donors (Lipinski definition) is 2. The van der Waals surface area contributed by atoms with Crippen molar-refractivity contribution in [2.45, 2.75) is 13.5 Å². The molecule has 0 fully saturated rings. The summed E-state index contributed by atoms with van der Waals surface area (Å²) < 4.78 is 4.69. The summed E-state index contributed by atoms with van der Waals surface area (Å²) in [4.78, 5) is 16.0. The van der Waals surface area contributed by atoms with Crippen LogP contribution in [0, 0.1) is 6.92 Å². The fraction of sp³-hybridized carbons (Fsp3) is 0.200. The monoisotopic (exact) mass is 271 g/mol. The van der Waals surface area contributed by atoms with Crippen LogP contribution in [0.25, 0.3) is 0 Å². The minimum atomic E-state index is -0.445. The number of nitrogens with two attached hydrogens (primary N) is 1. The average molecular weight is 271 g/mol. The van der Waals surface area contributed by atoms with E-state index in [9.17, 15) is 4.79 Å². The normalized spacial score (nSPS) is 10.1. The van der Waals surface area contributed by atoms with Crippen LogP contribution < -0.4 is 11.1 Å². The molecular formula is C15H17N3O2. The molecule has 0 saturated carbocycles. The molecule has 0 radical (unpaired) electrons. The van der Waals surface area contributed by atoms with Crippen LogP contribution in [0.2, 0.25) is 0 Å². The minimum Gasteiger partial charge on any atom is -0.465 e. The van der Waals surface area contributed by atoms with E-state index in [1.165, 1.54) is 7.11 Å². The molecule has 20 heavy (non-hydrogen) atoms. The largest absolute Gasteiger partial charge is 0.465 e. The van der Waals surface area contributed by atoms with Gasteiger partial charge in [-0.2, -0.15) is 0 Å². The van der Waals surface area contributed by atoms with Gasteiger partial charge in [-0.05, 0) is 37.3 Å². The van der Waals surface area contributed by atoms with Gasteiger partial charge in [-0.1, -0.05) is 6.07 Å². The second-order valence-corrected chi connectivity index (χ2v) is 4.42. The predicted molar refractivity (Wildman–Crippen MR) is 78.5 cm³/mol. The number of ether oxygens (including phenoxy) is 1. The molecule has 1 aromatic carbocycles. The number of hydrogen-bond acceptors (Lipinski definition) is 5. The number of aromatic nitrogens is 1. The number of anilines is 2. The number of rotatable bonds is 4. The fourth-order valence-electron chi connectivity index (χ4n) is 1.84. The van der Waals surface area contributed by atoms with E-state index >= 15 is 0 Å². The lowest BCUT2D eigenvalue weighted by molar-refractivity contribution is 0.0602. The zero-order valence-corrected chi connectivity index (χ0v) is 11.5. The fourth-order valence-corrected chi connectivity index (χ4v) is 1.84. The van der Waals surface area contributed by atoms with E-state index in [0.717, 1.165) is 17.1 Å². The zero-order chi connectivity index (χ0) is 14.5. The number of nitrogen functional groups attached to an aromatic ring is 1. The lowest BCUT2D eigenvalue weighted by Gasteiger charge is -2.09. The summed E-state index contributed by atoms with van der Waals surface area (Å²) in [7, 11) is 1.33. The number of nitrogens with one attached hydrogen (secondary N) is 1. The van der Waals surface area contributed by atoms with Crippen LogP contribution in [0.4, 0.5) is 11.4 Å². The van der Waals surface area contributed by atoms with Crippen molar-refractivity contribution in [3.05, 3.63) is 53.3 Å². The van der Waals surface area contributed by atoms with E-state index in [-0.39, 0.29) is 0 Å². The van der Waals surface area contributed by atoms with E-state index in [0.29, 0.717) is 17.8 Å². The summed E-state index contributed by atoms with van der Waals surface area (Å²) in [5, 5.41) is 3.21. The standard InChI is InChI=1S/C15H17N3O2/c1-10-4-3-5-12(18-10)9-17-11-6-7-14(16)13(8-11)15(19)20-2/h3-8,17H,9,16H2,1-2H3. The zero-order valence-electron chi connectivity index (χ0n) is 11.5. The van der Waals surface area contributed by atoms with Crippen LogP contribution in [0.1, 0.15) is 21.7 Å². The average Bonchev–Trinajstić information content (AvgIpc) is 2.45. The Kier molecular flexibility index (Phi) is 4.20. The first-order chi connectivity index (χ1) is 9.60. The van der Waals surface area contributed by atoms with Gasteiger partial charge in [-0.3, -0.25) is 4.98 Å². The Morgan fingerprint density at radius 3 is 2.85 bits per heavy atom. The molecule has 0 aliphatic heterocycles.